The highest BCUT2D eigenvalue weighted by Crippen LogP contribution is 2.44. The number of rotatable bonds is 6. The topological polar surface area (TPSA) is 124 Å². The van der Waals surface area contributed by atoms with E-state index in [2.05, 4.69) is 0 Å². The molecule has 0 saturated carbocycles. The molecule has 0 unspecified atom stereocenters. The Morgan fingerprint density at radius 1 is 1.08 bits per heavy atom. The molecule has 0 amide bonds. The van der Waals surface area contributed by atoms with Crippen LogP contribution in [-0.2, 0) is 16.4 Å². The van der Waals surface area contributed by atoms with Crippen LogP contribution in [0.3, 0.4) is 0 Å². The highest BCUT2D eigenvalue weighted by atomic mass is 32.2. The fraction of sp³-hybridized carbons (Fsp3) is 0.333. The van der Waals surface area contributed by atoms with E-state index in [0.29, 0.717) is 30.1 Å². The number of nitrogens with two attached hydrogens (primary N) is 1. The molecule has 3 aromatic rings. The molecule has 2 aliphatic heterocycles. The van der Waals surface area contributed by atoms with Gasteiger partial charge in [-0.1, -0.05) is 24.3 Å². The average molecular weight is 506 g/mol. The Morgan fingerprint density at radius 2 is 1.86 bits per heavy atom. The molecule has 9 heteroatoms. The number of nitrogens with zero attached hydrogens (tertiary/aromatic N) is 2. The molecule has 188 valence electrons. The van der Waals surface area contributed by atoms with Crippen LogP contribution >= 0.6 is 0 Å². The second-order valence-corrected chi connectivity index (χ2v) is 11.6. The highest BCUT2D eigenvalue weighted by Gasteiger charge is 2.38. The lowest BCUT2D eigenvalue weighted by Crippen LogP contribution is -2.33. The fourth-order valence-corrected chi connectivity index (χ4v) is 6.51. The molecular formula is C27H31N5O3S. The molecule has 2 atom stereocenters. The molecule has 3 aromatic carbocycles. The van der Waals surface area contributed by atoms with Crippen LogP contribution in [0.1, 0.15) is 43.0 Å². The summed E-state index contributed by atoms with van der Waals surface area (Å²) in [6.45, 7) is 4.94. The first kappa shape index (κ1) is 24.1. The zero-order valence-corrected chi connectivity index (χ0v) is 21.3. The van der Waals surface area contributed by atoms with Gasteiger partial charge in [0.05, 0.1) is 29.9 Å². The molecule has 4 N–H and O–H groups in total. The summed E-state index contributed by atoms with van der Waals surface area (Å²) in [4.78, 5) is 2.00. The van der Waals surface area contributed by atoms with Crippen molar-refractivity contribution in [2.75, 3.05) is 23.1 Å². The maximum absolute atomic E-state index is 13.2. The highest BCUT2D eigenvalue weighted by molar-refractivity contribution is 7.92. The number of ether oxygens (including phenoxy) is 1. The van der Waals surface area contributed by atoms with Crippen molar-refractivity contribution in [2.24, 2.45) is 5.73 Å². The summed E-state index contributed by atoms with van der Waals surface area (Å²) in [5, 5.41) is 17.5. The smallest absolute Gasteiger partial charge is 0.235 e. The van der Waals surface area contributed by atoms with Crippen molar-refractivity contribution in [2.45, 2.75) is 38.8 Å². The SMILES string of the molecule is CCS(=O)(=O)N1c2ccc(O[C@@H]3CCN(C(C)=N)C3)cc2C[C@@H]1c1ccc2ccc(C(=N)N)cc2c1. The molecule has 5 rings (SSSR count). The van der Waals surface area contributed by atoms with Crippen LogP contribution in [0.4, 0.5) is 5.69 Å². The van der Waals surface area contributed by atoms with Crippen LogP contribution in [-0.4, -0.2) is 49.9 Å². The third-order valence-corrected chi connectivity index (χ3v) is 8.91. The van der Waals surface area contributed by atoms with Gasteiger partial charge in [-0.05, 0) is 66.1 Å². The van der Waals surface area contributed by atoms with Crippen molar-refractivity contribution < 1.29 is 13.2 Å². The third-order valence-electron chi connectivity index (χ3n) is 7.13. The molecular weight excluding hydrogens is 474 g/mol. The number of likely N-dealkylation sites (tertiary alicyclic amines) is 1. The van der Waals surface area contributed by atoms with E-state index >= 15 is 0 Å². The zero-order valence-electron chi connectivity index (χ0n) is 20.5. The molecule has 0 bridgehead atoms. The van der Waals surface area contributed by atoms with Crippen molar-refractivity contribution in [3.63, 3.8) is 0 Å². The first-order valence-corrected chi connectivity index (χ1v) is 13.8. The van der Waals surface area contributed by atoms with Gasteiger partial charge in [-0.25, -0.2) is 8.42 Å². The first-order chi connectivity index (χ1) is 17.2. The predicted molar refractivity (Wildman–Crippen MR) is 144 cm³/mol. The summed E-state index contributed by atoms with van der Waals surface area (Å²) in [5.74, 6) is 1.27. The van der Waals surface area contributed by atoms with Gasteiger partial charge < -0.3 is 15.4 Å². The number of benzene rings is 3. The van der Waals surface area contributed by atoms with Gasteiger partial charge in [-0.15, -0.1) is 0 Å². The summed E-state index contributed by atoms with van der Waals surface area (Å²) < 4.78 is 34.3. The number of nitrogen functional groups attached to an aromatic ring is 1. The summed E-state index contributed by atoms with van der Waals surface area (Å²) >= 11 is 0. The van der Waals surface area contributed by atoms with Crippen LogP contribution in [0.15, 0.2) is 54.6 Å². The molecule has 0 aromatic heterocycles. The third kappa shape index (κ3) is 4.39. The van der Waals surface area contributed by atoms with Gasteiger partial charge in [0.1, 0.15) is 17.7 Å². The number of nitrogens with one attached hydrogen (secondary N) is 2. The Morgan fingerprint density at radius 3 is 2.56 bits per heavy atom. The molecule has 0 radical (unpaired) electrons. The Balaban J connectivity index is 1.48. The van der Waals surface area contributed by atoms with Crippen LogP contribution in [0.25, 0.3) is 10.8 Å². The van der Waals surface area contributed by atoms with Gasteiger partial charge in [-0.3, -0.25) is 15.1 Å². The average Bonchev–Trinajstić information content (AvgIpc) is 3.48. The minimum Gasteiger partial charge on any atom is -0.489 e. The first-order valence-electron chi connectivity index (χ1n) is 12.2. The second kappa shape index (κ2) is 9.13. The van der Waals surface area contributed by atoms with Gasteiger partial charge in [-0.2, -0.15) is 0 Å². The normalized spacial score (nSPS) is 19.5. The quantitative estimate of drug-likeness (QED) is 0.345. The van der Waals surface area contributed by atoms with Gasteiger partial charge >= 0.3 is 0 Å². The van der Waals surface area contributed by atoms with Crippen molar-refractivity contribution in [3.05, 3.63) is 71.3 Å². The number of fused-ring (bicyclic) bond motifs is 2. The Kier molecular flexibility index (Phi) is 6.12. The van der Waals surface area contributed by atoms with Crippen LogP contribution in [0.2, 0.25) is 0 Å². The maximum Gasteiger partial charge on any atom is 0.235 e. The molecule has 0 aliphatic carbocycles. The van der Waals surface area contributed by atoms with E-state index < -0.39 is 10.0 Å². The predicted octanol–water partition coefficient (Wildman–Crippen LogP) is 4.03. The summed E-state index contributed by atoms with van der Waals surface area (Å²) in [5.41, 5.74) is 8.84. The van der Waals surface area contributed by atoms with Crippen molar-refractivity contribution in [1.29, 1.82) is 10.8 Å². The summed E-state index contributed by atoms with van der Waals surface area (Å²) in [6.07, 6.45) is 1.40. The molecule has 1 fully saturated rings. The lowest BCUT2D eigenvalue weighted by Gasteiger charge is -2.27. The van der Waals surface area contributed by atoms with Crippen LogP contribution in [0, 0.1) is 10.8 Å². The van der Waals surface area contributed by atoms with Crippen molar-refractivity contribution >= 4 is 38.2 Å². The number of anilines is 1. The summed E-state index contributed by atoms with van der Waals surface area (Å²) in [6, 6.07) is 16.9. The summed E-state index contributed by atoms with van der Waals surface area (Å²) in [7, 11) is -3.53. The standard InChI is InChI=1S/C27H31N5O3S/c1-3-36(33,34)32-25-9-8-23(35-24-10-11-31(16-24)17(2)28)14-22(25)15-26(32)19-6-4-18-5-7-20(27(29)30)13-21(18)12-19/h4-9,12-14,24,26,28H,3,10-11,15-16H2,1-2H3,(H3,29,30)/t24-,26-/m1/s1. The van der Waals surface area contributed by atoms with Gasteiger partial charge in [0.15, 0.2) is 0 Å². The number of sulfonamides is 1. The number of hydrogen-bond donors (Lipinski definition) is 3. The van der Waals surface area contributed by atoms with E-state index in [1.54, 1.807) is 18.2 Å². The van der Waals surface area contributed by atoms with Crippen molar-refractivity contribution in [1.82, 2.24) is 4.90 Å². The molecule has 36 heavy (non-hydrogen) atoms. The van der Waals surface area contributed by atoms with Gasteiger partial charge in [0, 0.05) is 24.9 Å². The lowest BCUT2D eigenvalue weighted by atomic mass is 9.98. The minimum absolute atomic E-state index is 0.000508. The van der Waals surface area contributed by atoms with Crippen LogP contribution < -0.4 is 14.8 Å². The van der Waals surface area contributed by atoms with E-state index in [9.17, 15) is 8.42 Å². The van der Waals surface area contributed by atoms with Crippen molar-refractivity contribution in [3.8, 4) is 5.75 Å². The monoisotopic (exact) mass is 505 g/mol. The fourth-order valence-electron chi connectivity index (χ4n) is 5.17. The van der Waals surface area contributed by atoms with E-state index in [0.717, 1.165) is 40.6 Å². The molecule has 1 saturated heterocycles. The lowest BCUT2D eigenvalue weighted by molar-refractivity contribution is 0.214. The number of amidine groups is 2. The molecule has 2 aliphatic rings. The van der Waals surface area contributed by atoms with E-state index in [1.165, 1.54) is 0 Å². The van der Waals surface area contributed by atoms with Gasteiger partial charge in [0.25, 0.3) is 0 Å². The maximum atomic E-state index is 13.2. The van der Waals surface area contributed by atoms with Crippen LogP contribution in [0.5, 0.6) is 5.75 Å². The largest absolute Gasteiger partial charge is 0.489 e. The molecule has 0 spiro atoms. The zero-order chi connectivity index (χ0) is 25.6. The Labute approximate surface area is 211 Å². The minimum atomic E-state index is -3.53. The Hall–Kier alpha value is -3.59. The second-order valence-electron chi connectivity index (χ2n) is 9.50. The molecule has 8 nitrogen and oxygen atoms in total. The number of hydrogen-bond acceptors (Lipinski definition) is 5. The van der Waals surface area contributed by atoms with E-state index in [-0.39, 0.29) is 23.7 Å². The molecule has 2 heterocycles. The van der Waals surface area contributed by atoms with Gasteiger partial charge in [0.2, 0.25) is 10.0 Å². The van der Waals surface area contributed by atoms with E-state index in [1.807, 2.05) is 59.5 Å². The van der Waals surface area contributed by atoms with E-state index in [4.69, 9.17) is 21.3 Å². The Bertz CT molecular complexity index is 1470.